The molecule has 2 aliphatic heterocycles. The van der Waals surface area contributed by atoms with Crippen LogP contribution in [0.2, 0.25) is 0 Å². The van der Waals surface area contributed by atoms with Crippen molar-refractivity contribution >= 4 is 45.0 Å². The SMILES string of the molecule is CC1(C)c2sc(B(O)O)c3c2-n2c4c1cccc4c1cccc(c12)C3(C)C. The summed E-state index contributed by atoms with van der Waals surface area (Å²) in [5.41, 5.74) is 6.87. The molecule has 134 valence electrons. The molecule has 5 heteroatoms. The van der Waals surface area contributed by atoms with E-state index >= 15 is 0 Å². The van der Waals surface area contributed by atoms with Crippen molar-refractivity contribution in [3.05, 3.63) is 58.0 Å². The van der Waals surface area contributed by atoms with Crippen LogP contribution in [0.3, 0.4) is 0 Å². The first-order chi connectivity index (χ1) is 12.8. The van der Waals surface area contributed by atoms with Gasteiger partial charge in [0, 0.05) is 31.3 Å². The van der Waals surface area contributed by atoms with Crippen molar-refractivity contribution in [1.82, 2.24) is 4.57 Å². The number of hydrogen-bond acceptors (Lipinski definition) is 3. The van der Waals surface area contributed by atoms with Crippen LogP contribution in [0.25, 0.3) is 27.5 Å². The van der Waals surface area contributed by atoms with Gasteiger partial charge in [0.25, 0.3) is 0 Å². The number of hydrogen-bond donors (Lipinski definition) is 2. The summed E-state index contributed by atoms with van der Waals surface area (Å²) in [7, 11) is -1.46. The summed E-state index contributed by atoms with van der Waals surface area (Å²) < 4.78 is 3.08. The molecule has 0 aliphatic carbocycles. The Bertz CT molecular complexity index is 1290. The largest absolute Gasteiger partial charge is 0.499 e. The van der Waals surface area contributed by atoms with Gasteiger partial charge in [-0.05, 0) is 16.7 Å². The Hall–Kier alpha value is -2.08. The highest BCUT2D eigenvalue weighted by molar-refractivity contribution is 7.23. The molecular formula is C22H20BNO2S. The Balaban J connectivity index is 2.00. The van der Waals surface area contributed by atoms with Gasteiger partial charge in [-0.25, -0.2) is 0 Å². The van der Waals surface area contributed by atoms with E-state index in [1.165, 1.54) is 43.5 Å². The van der Waals surface area contributed by atoms with E-state index in [1.807, 2.05) is 0 Å². The van der Waals surface area contributed by atoms with Gasteiger partial charge in [0.1, 0.15) is 0 Å². The summed E-state index contributed by atoms with van der Waals surface area (Å²) in [4.78, 5) is 1.22. The van der Waals surface area contributed by atoms with Crippen molar-refractivity contribution in [3.8, 4) is 5.69 Å². The normalized spacial score (nSPS) is 17.9. The van der Waals surface area contributed by atoms with Crippen LogP contribution in [0, 0.1) is 0 Å². The molecule has 0 saturated heterocycles. The maximum absolute atomic E-state index is 10.2. The highest BCUT2D eigenvalue weighted by Gasteiger charge is 2.47. The molecule has 27 heavy (non-hydrogen) atoms. The van der Waals surface area contributed by atoms with Crippen LogP contribution in [0.4, 0.5) is 0 Å². The number of rotatable bonds is 1. The topological polar surface area (TPSA) is 45.4 Å². The zero-order valence-electron chi connectivity index (χ0n) is 15.8. The molecule has 0 atom stereocenters. The lowest BCUT2D eigenvalue weighted by Gasteiger charge is -2.38. The summed E-state index contributed by atoms with van der Waals surface area (Å²) in [5.74, 6) is 0. The minimum Gasteiger partial charge on any atom is -0.423 e. The Labute approximate surface area is 162 Å². The van der Waals surface area contributed by atoms with E-state index < -0.39 is 7.12 Å². The molecule has 2 aromatic carbocycles. The van der Waals surface area contributed by atoms with E-state index in [2.05, 4.69) is 68.7 Å². The number of para-hydroxylation sites is 2. The van der Waals surface area contributed by atoms with Crippen LogP contribution in [0.5, 0.6) is 0 Å². The summed E-state index contributed by atoms with van der Waals surface area (Å²) in [5, 5.41) is 23.0. The second-order valence-corrected chi connectivity index (χ2v) is 9.93. The predicted molar refractivity (Wildman–Crippen MR) is 113 cm³/mol. The average molecular weight is 373 g/mol. The molecule has 3 nitrogen and oxygen atoms in total. The quantitative estimate of drug-likeness (QED) is 0.499. The van der Waals surface area contributed by atoms with E-state index in [9.17, 15) is 10.0 Å². The molecule has 0 spiro atoms. The molecule has 0 radical (unpaired) electrons. The highest BCUT2D eigenvalue weighted by atomic mass is 32.1. The highest BCUT2D eigenvalue weighted by Crippen LogP contribution is 2.56. The number of thiophene rings is 1. The van der Waals surface area contributed by atoms with E-state index in [0.717, 1.165) is 5.56 Å². The number of benzene rings is 2. The molecule has 0 saturated carbocycles. The Kier molecular flexibility index (Phi) is 2.65. The van der Waals surface area contributed by atoms with Crippen LogP contribution < -0.4 is 4.78 Å². The van der Waals surface area contributed by atoms with Gasteiger partial charge in [-0.3, -0.25) is 0 Å². The zero-order valence-corrected chi connectivity index (χ0v) is 16.6. The van der Waals surface area contributed by atoms with Crippen LogP contribution in [0.1, 0.15) is 49.3 Å². The number of nitrogens with zero attached hydrogens (tertiary/aromatic N) is 1. The minimum absolute atomic E-state index is 0.181. The van der Waals surface area contributed by atoms with E-state index in [1.54, 1.807) is 11.3 Å². The van der Waals surface area contributed by atoms with Gasteiger partial charge >= 0.3 is 7.12 Å². The van der Waals surface area contributed by atoms with E-state index in [-0.39, 0.29) is 10.8 Å². The van der Waals surface area contributed by atoms with Gasteiger partial charge in [0.05, 0.1) is 16.7 Å². The van der Waals surface area contributed by atoms with Gasteiger partial charge in [0.2, 0.25) is 0 Å². The van der Waals surface area contributed by atoms with Crippen LogP contribution in [0.15, 0.2) is 36.4 Å². The van der Waals surface area contributed by atoms with Crippen molar-refractivity contribution in [1.29, 1.82) is 0 Å². The molecule has 0 amide bonds. The lowest BCUT2D eigenvalue weighted by atomic mass is 9.68. The van der Waals surface area contributed by atoms with Crippen LogP contribution in [-0.4, -0.2) is 21.7 Å². The monoisotopic (exact) mass is 373 g/mol. The van der Waals surface area contributed by atoms with E-state index in [0.29, 0.717) is 4.78 Å². The average Bonchev–Trinajstić information content (AvgIpc) is 3.17. The second kappa shape index (κ2) is 4.49. The molecule has 4 aromatic rings. The fourth-order valence-electron chi connectivity index (χ4n) is 5.47. The first-order valence-electron chi connectivity index (χ1n) is 9.37. The minimum atomic E-state index is -1.46. The predicted octanol–water partition coefficient (Wildman–Crippen LogP) is 3.80. The van der Waals surface area contributed by atoms with Gasteiger partial charge in [-0.2, -0.15) is 0 Å². The van der Waals surface area contributed by atoms with Gasteiger partial charge in [-0.1, -0.05) is 64.1 Å². The molecule has 0 unspecified atom stereocenters. The first kappa shape index (κ1) is 15.9. The third-order valence-electron chi connectivity index (χ3n) is 6.72. The van der Waals surface area contributed by atoms with E-state index in [4.69, 9.17) is 0 Å². The molecule has 4 heterocycles. The van der Waals surface area contributed by atoms with Crippen molar-refractivity contribution < 1.29 is 10.0 Å². The van der Waals surface area contributed by atoms with Crippen molar-refractivity contribution in [2.45, 2.75) is 38.5 Å². The molecule has 2 aliphatic rings. The lowest BCUT2D eigenvalue weighted by Crippen LogP contribution is -2.38. The van der Waals surface area contributed by atoms with Gasteiger partial charge < -0.3 is 14.6 Å². The summed E-state index contributed by atoms with van der Waals surface area (Å²) >= 11 is 1.56. The van der Waals surface area contributed by atoms with Crippen molar-refractivity contribution in [2.75, 3.05) is 0 Å². The fraction of sp³-hybridized carbons (Fsp3) is 0.273. The van der Waals surface area contributed by atoms with Crippen molar-refractivity contribution in [3.63, 3.8) is 0 Å². The lowest BCUT2D eigenvalue weighted by molar-refractivity contribution is 0.425. The van der Waals surface area contributed by atoms with Crippen molar-refractivity contribution in [2.24, 2.45) is 0 Å². The molecule has 0 bridgehead atoms. The third kappa shape index (κ3) is 1.56. The summed E-state index contributed by atoms with van der Waals surface area (Å²) in [6.07, 6.45) is 0. The fourth-order valence-corrected chi connectivity index (χ4v) is 6.90. The second-order valence-electron chi connectivity index (χ2n) is 8.88. The third-order valence-corrected chi connectivity index (χ3v) is 8.26. The Morgan fingerprint density at radius 1 is 0.852 bits per heavy atom. The Morgan fingerprint density at radius 2 is 1.41 bits per heavy atom. The molecule has 0 fully saturated rings. The molecular weight excluding hydrogens is 353 g/mol. The molecule has 6 rings (SSSR count). The number of aromatic nitrogens is 1. The maximum Gasteiger partial charge on any atom is 0.499 e. The summed E-state index contributed by atoms with van der Waals surface area (Å²) in [6, 6.07) is 13.1. The first-order valence-corrected chi connectivity index (χ1v) is 10.2. The maximum atomic E-state index is 10.2. The number of fused-ring (bicyclic) bond motifs is 1. The van der Waals surface area contributed by atoms with Gasteiger partial charge in [-0.15, -0.1) is 11.3 Å². The molecule has 2 N–H and O–H groups in total. The zero-order chi connectivity index (χ0) is 18.9. The molecule has 2 aromatic heterocycles. The Morgan fingerprint density at radius 3 is 1.96 bits per heavy atom. The summed E-state index contributed by atoms with van der Waals surface area (Å²) in [6.45, 7) is 8.93. The van der Waals surface area contributed by atoms with Crippen LogP contribution in [-0.2, 0) is 10.8 Å². The standard InChI is InChI=1S/C22H20BNO2S/c1-21(2)13-9-5-7-11-12-8-6-10-14-17(12)24(16(11)13)18-15(21)20(23(25)26)27-19(18)22(14,3)4/h5-10,25-26H,1-4H3. The van der Waals surface area contributed by atoms with Gasteiger partial charge in [0.15, 0.2) is 0 Å². The van der Waals surface area contributed by atoms with Crippen LogP contribution >= 0.6 is 11.3 Å². The smallest absolute Gasteiger partial charge is 0.423 e.